The molecule has 0 saturated carbocycles. The van der Waals surface area contributed by atoms with Crippen LogP contribution in [0.15, 0.2) is 36.4 Å². The van der Waals surface area contributed by atoms with Crippen LogP contribution in [0.3, 0.4) is 0 Å². The van der Waals surface area contributed by atoms with Crippen molar-refractivity contribution >= 4 is 17.1 Å². The van der Waals surface area contributed by atoms with E-state index in [0.29, 0.717) is 12.2 Å². The van der Waals surface area contributed by atoms with Crippen molar-refractivity contribution in [2.45, 2.75) is 13.5 Å². The van der Waals surface area contributed by atoms with Gasteiger partial charge in [-0.15, -0.1) is 0 Å². The molecule has 0 spiro atoms. The fraction of sp³-hybridized carbons (Fsp3) is 0.200. The Morgan fingerprint density at radius 3 is 2.80 bits per heavy atom. The van der Waals surface area contributed by atoms with Gasteiger partial charge >= 0.3 is 5.97 Å². The molecule has 3 aromatic rings. The summed E-state index contributed by atoms with van der Waals surface area (Å²) in [7, 11) is 1.37. The first kappa shape index (κ1) is 12.5. The number of hydrogen-bond donors (Lipinski definition) is 1. The van der Waals surface area contributed by atoms with E-state index < -0.39 is 0 Å². The number of ether oxygens (including phenoxy) is 1. The molecule has 2 heterocycles. The smallest absolute Gasteiger partial charge is 0.354 e. The molecule has 0 aliphatic rings. The maximum atomic E-state index is 11.5. The summed E-state index contributed by atoms with van der Waals surface area (Å²) in [6.07, 6.45) is 0. The molecular weight excluding hydrogens is 254 g/mol. The number of carbonyl (C=O) groups is 1. The maximum Gasteiger partial charge on any atom is 0.354 e. The number of carbonyl (C=O) groups excluding carboxylic acids is 1. The summed E-state index contributed by atoms with van der Waals surface area (Å²) in [6.45, 7) is 2.67. The summed E-state index contributed by atoms with van der Waals surface area (Å²) in [5, 5.41) is 0. The lowest BCUT2D eigenvalue weighted by atomic mass is 10.2. The third kappa shape index (κ3) is 2.07. The number of aryl methyl sites for hydroxylation is 1. The summed E-state index contributed by atoms with van der Waals surface area (Å²) in [6, 6.07) is 11.9. The molecule has 20 heavy (non-hydrogen) atoms. The molecule has 0 unspecified atom stereocenters. The van der Waals surface area contributed by atoms with E-state index in [9.17, 15) is 4.79 Å². The van der Waals surface area contributed by atoms with E-state index in [1.165, 1.54) is 12.7 Å². The summed E-state index contributed by atoms with van der Waals surface area (Å²) in [5.41, 5.74) is 3.22. The second kappa shape index (κ2) is 4.85. The van der Waals surface area contributed by atoms with Crippen LogP contribution in [0.1, 0.15) is 21.9 Å². The number of aromatic amines is 1. The minimum absolute atomic E-state index is 0.382. The van der Waals surface area contributed by atoms with Crippen LogP contribution in [0.5, 0.6) is 0 Å². The van der Waals surface area contributed by atoms with Crippen LogP contribution < -0.4 is 0 Å². The molecule has 3 rings (SSSR count). The lowest BCUT2D eigenvalue weighted by Crippen LogP contribution is -2.05. The third-order valence-corrected chi connectivity index (χ3v) is 3.31. The topological polar surface area (TPSA) is 59.9 Å². The van der Waals surface area contributed by atoms with Crippen LogP contribution in [-0.2, 0) is 11.3 Å². The molecule has 0 amide bonds. The second-order valence-electron chi connectivity index (χ2n) is 4.64. The van der Waals surface area contributed by atoms with Crippen LogP contribution >= 0.6 is 0 Å². The van der Waals surface area contributed by atoms with Crippen molar-refractivity contribution in [2.24, 2.45) is 0 Å². The largest absolute Gasteiger partial charge is 0.464 e. The van der Waals surface area contributed by atoms with Gasteiger partial charge in [0, 0.05) is 0 Å². The molecule has 1 aromatic carbocycles. The Kier molecular flexibility index (Phi) is 3.02. The predicted molar refractivity (Wildman–Crippen MR) is 75.7 cm³/mol. The number of H-pyrrole nitrogens is 1. The zero-order valence-corrected chi connectivity index (χ0v) is 11.4. The van der Waals surface area contributed by atoms with E-state index in [2.05, 4.69) is 26.7 Å². The molecule has 2 aromatic heterocycles. The van der Waals surface area contributed by atoms with Gasteiger partial charge in [0.15, 0.2) is 0 Å². The van der Waals surface area contributed by atoms with Crippen molar-refractivity contribution in [2.75, 3.05) is 7.11 Å². The van der Waals surface area contributed by atoms with Crippen LogP contribution in [0.2, 0.25) is 0 Å². The lowest BCUT2D eigenvalue weighted by Gasteiger charge is -2.06. The van der Waals surface area contributed by atoms with E-state index in [1.807, 2.05) is 25.1 Å². The van der Waals surface area contributed by atoms with Crippen molar-refractivity contribution in [3.8, 4) is 0 Å². The molecule has 1 N–H and O–H groups in total. The van der Waals surface area contributed by atoms with Gasteiger partial charge in [0.1, 0.15) is 22.7 Å². The van der Waals surface area contributed by atoms with Crippen molar-refractivity contribution in [3.05, 3.63) is 53.5 Å². The van der Waals surface area contributed by atoms with E-state index in [4.69, 9.17) is 4.74 Å². The average Bonchev–Trinajstić information content (AvgIpc) is 2.99. The average molecular weight is 269 g/mol. The first-order valence-corrected chi connectivity index (χ1v) is 6.37. The Bertz CT molecular complexity index is 756. The van der Waals surface area contributed by atoms with Gasteiger partial charge in [0.25, 0.3) is 0 Å². The first-order valence-electron chi connectivity index (χ1n) is 6.37. The first-order chi connectivity index (χ1) is 9.69. The molecule has 0 aliphatic heterocycles. The number of imidazole rings is 1. The van der Waals surface area contributed by atoms with Crippen molar-refractivity contribution in [1.29, 1.82) is 0 Å². The number of methoxy groups -OCH3 is 1. The second-order valence-corrected chi connectivity index (χ2v) is 4.64. The Morgan fingerprint density at radius 1 is 1.35 bits per heavy atom. The molecule has 5 heteroatoms. The normalized spacial score (nSPS) is 10.9. The van der Waals surface area contributed by atoms with Crippen LogP contribution in [-0.4, -0.2) is 27.6 Å². The highest BCUT2D eigenvalue weighted by atomic mass is 16.5. The van der Waals surface area contributed by atoms with E-state index in [0.717, 1.165) is 17.0 Å². The number of esters is 1. The van der Waals surface area contributed by atoms with Crippen molar-refractivity contribution in [3.63, 3.8) is 0 Å². The Morgan fingerprint density at radius 2 is 2.10 bits per heavy atom. The highest BCUT2D eigenvalue weighted by Gasteiger charge is 2.15. The highest BCUT2D eigenvalue weighted by Crippen LogP contribution is 2.19. The summed E-state index contributed by atoms with van der Waals surface area (Å²) in [4.78, 5) is 19.1. The molecule has 5 nitrogen and oxygen atoms in total. The Hall–Kier alpha value is -2.56. The van der Waals surface area contributed by atoms with Crippen molar-refractivity contribution in [1.82, 2.24) is 14.5 Å². The van der Waals surface area contributed by atoms with E-state index >= 15 is 0 Å². The molecule has 0 aliphatic carbocycles. The minimum atomic E-state index is -0.382. The molecule has 0 radical (unpaired) electrons. The number of nitrogens with zero attached hydrogens (tertiary/aromatic N) is 2. The number of hydrogen-bond acceptors (Lipinski definition) is 3. The van der Waals surface area contributed by atoms with E-state index in [1.54, 1.807) is 6.07 Å². The van der Waals surface area contributed by atoms with Crippen LogP contribution in [0, 0.1) is 6.92 Å². The fourth-order valence-electron chi connectivity index (χ4n) is 2.30. The molecule has 102 valence electrons. The van der Waals surface area contributed by atoms with Gasteiger partial charge in [0.2, 0.25) is 0 Å². The van der Waals surface area contributed by atoms with Crippen molar-refractivity contribution < 1.29 is 9.53 Å². The number of rotatable bonds is 3. The number of aromatic nitrogens is 3. The van der Waals surface area contributed by atoms with Gasteiger partial charge in [0.05, 0.1) is 13.7 Å². The standard InChI is InChI=1S/C15H15N3O2/c1-10-16-12-8-13(15(19)20-2)17-14(12)18(10)9-11-6-4-3-5-7-11/h3-8,17H,9H2,1-2H3. The zero-order chi connectivity index (χ0) is 14.1. The molecule has 0 atom stereocenters. The monoisotopic (exact) mass is 269 g/mol. The summed E-state index contributed by atoms with van der Waals surface area (Å²) in [5.74, 6) is 0.526. The Labute approximate surface area is 116 Å². The SMILES string of the molecule is COC(=O)c1cc2nc(C)n(Cc3ccccc3)c2[nH]1. The van der Waals surface area contributed by atoms with Crippen LogP contribution in [0.25, 0.3) is 11.2 Å². The number of benzene rings is 1. The van der Waals surface area contributed by atoms with E-state index in [-0.39, 0.29) is 5.97 Å². The van der Waals surface area contributed by atoms with Gasteiger partial charge in [-0.3, -0.25) is 0 Å². The number of fused-ring (bicyclic) bond motifs is 1. The fourth-order valence-corrected chi connectivity index (χ4v) is 2.30. The molecule has 0 fully saturated rings. The van der Waals surface area contributed by atoms with Crippen LogP contribution in [0.4, 0.5) is 0 Å². The molecule has 0 saturated heterocycles. The number of nitrogens with one attached hydrogen (secondary N) is 1. The quantitative estimate of drug-likeness (QED) is 0.743. The predicted octanol–water partition coefficient (Wildman–Crippen LogP) is 2.51. The minimum Gasteiger partial charge on any atom is -0.464 e. The molecule has 0 bridgehead atoms. The summed E-state index contributed by atoms with van der Waals surface area (Å²) < 4.78 is 6.77. The van der Waals surface area contributed by atoms with Gasteiger partial charge in [-0.2, -0.15) is 0 Å². The lowest BCUT2D eigenvalue weighted by molar-refractivity contribution is 0.0595. The Balaban J connectivity index is 2.03. The van der Waals surface area contributed by atoms with Gasteiger partial charge in [-0.05, 0) is 18.6 Å². The summed E-state index contributed by atoms with van der Waals surface area (Å²) >= 11 is 0. The molecular formula is C15H15N3O2. The highest BCUT2D eigenvalue weighted by molar-refractivity contribution is 5.92. The van der Waals surface area contributed by atoms with Gasteiger partial charge in [-0.25, -0.2) is 9.78 Å². The van der Waals surface area contributed by atoms with Gasteiger partial charge < -0.3 is 14.3 Å². The van der Waals surface area contributed by atoms with Gasteiger partial charge in [-0.1, -0.05) is 30.3 Å². The maximum absolute atomic E-state index is 11.5. The third-order valence-electron chi connectivity index (χ3n) is 3.31. The zero-order valence-electron chi connectivity index (χ0n) is 11.4.